The van der Waals surface area contributed by atoms with Crippen molar-refractivity contribution in [1.82, 2.24) is 10.2 Å². The first-order valence-corrected chi connectivity index (χ1v) is 7.49. The predicted molar refractivity (Wildman–Crippen MR) is 76.7 cm³/mol. The van der Waals surface area contributed by atoms with Crippen molar-refractivity contribution in [2.45, 2.75) is 78.4 Å². The number of hydrogen-bond donors (Lipinski definition) is 1. The Balaban J connectivity index is 3.21. The molecule has 2 unspecified atom stereocenters. The lowest BCUT2D eigenvalue weighted by molar-refractivity contribution is -0.160. The van der Waals surface area contributed by atoms with Crippen LogP contribution in [-0.2, 0) is 9.59 Å². The van der Waals surface area contributed by atoms with Gasteiger partial charge in [0.2, 0.25) is 11.8 Å². The second-order valence-corrected chi connectivity index (χ2v) is 5.92. The highest BCUT2D eigenvalue weighted by Gasteiger charge is 2.50. The first-order valence-electron chi connectivity index (χ1n) is 7.49. The summed E-state index contributed by atoms with van der Waals surface area (Å²) in [4.78, 5) is 27.1. The summed E-state index contributed by atoms with van der Waals surface area (Å²) >= 11 is 0. The standard InChI is InChI=1S/C15H28N2O2/c1-7-11(6)12-13(18)16-15(8-2,9-3)14(19)17(12)10(4)5/h10-12H,7-9H2,1-6H3,(H,16,18). The lowest BCUT2D eigenvalue weighted by Gasteiger charge is -2.49. The molecule has 0 spiro atoms. The van der Waals surface area contributed by atoms with E-state index in [0.29, 0.717) is 12.8 Å². The summed E-state index contributed by atoms with van der Waals surface area (Å²) in [6.45, 7) is 12.0. The molecule has 2 amide bonds. The highest BCUT2D eigenvalue weighted by molar-refractivity contribution is 6.00. The van der Waals surface area contributed by atoms with E-state index in [0.717, 1.165) is 6.42 Å². The molecule has 0 aromatic rings. The van der Waals surface area contributed by atoms with E-state index >= 15 is 0 Å². The lowest BCUT2D eigenvalue weighted by Crippen LogP contribution is -2.72. The molecular weight excluding hydrogens is 240 g/mol. The fourth-order valence-corrected chi connectivity index (χ4v) is 2.90. The predicted octanol–water partition coefficient (Wildman–Crippen LogP) is 2.33. The Bertz CT molecular complexity index is 348. The second-order valence-electron chi connectivity index (χ2n) is 5.92. The third-order valence-electron chi connectivity index (χ3n) is 4.52. The Morgan fingerprint density at radius 3 is 2.05 bits per heavy atom. The van der Waals surface area contributed by atoms with Gasteiger partial charge in [0.25, 0.3) is 0 Å². The van der Waals surface area contributed by atoms with Gasteiger partial charge in [-0.25, -0.2) is 0 Å². The van der Waals surface area contributed by atoms with Crippen LogP contribution in [0, 0.1) is 5.92 Å². The van der Waals surface area contributed by atoms with Crippen molar-refractivity contribution in [3.63, 3.8) is 0 Å². The average Bonchev–Trinajstić information content (AvgIpc) is 2.39. The number of nitrogens with zero attached hydrogens (tertiary/aromatic N) is 1. The fourth-order valence-electron chi connectivity index (χ4n) is 2.90. The van der Waals surface area contributed by atoms with Crippen molar-refractivity contribution in [3.05, 3.63) is 0 Å². The number of amides is 2. The molecule has 110 valence electrons. The second kappa shape index (κ2) is 5.93. The van der Waals surface area contributed by atoms with E-state index < -0.39 is 5.54 Å². The van der Waals surface area contributed by atoms with Gasteiger partial charge in [0.1, 0.15) is 11.6 Å². The molecule has 0 aliphatic carbocycles. The molecule has 0 aromatic heterocycles. The van der Waals surface area contributed by atoms with Crippen LogP contribution in [0.25, 0.3) is 0 Å². The van der Waals surface area contributed by atoms with E-state index in [-0.39, 0.29) is 29.8 Å². The Labute approximate surface area is 116 Å². The quantitative estimate of drug-likeness (QED) is 0.832. The van der Waals surface area contributed by atoms with Crippen LogP contribution in [-0.4, -0.2) is 34.3 Å². The van der Waals surface area contributed by atoms with Gasteiger partial charge in [0.15, 0.2) is 0 Å². The normalized spacial score (nSPS) is 24.6. The van der Waals surface area contributed by atoms with Crippen LogP contribution in [0.2, 0.25) is 0 Å². The maximum atomic E-state index is 12.8. The highest BCUT2D eigenvalue weighted by atomic mass is 16.2. The van der Waals surface area contributed by atoms with Gasteiger partial charge in [0, 0.05) is 6.04 Å². The van der Waals surface area contributed by atoms with Crippen molar-refractivity contribution in [2.24, 2.45) is 5.92 Å². The maximum absolute atomic E-state index is 12.8. The number of hydrogen-bond acceptors (Lipinski definition) is 2. The van der Waals surface area contributed by atoms with Gasteiger partial charge in [-0.05, 0) is 32.6 Å². The van der Waals surface area contributed by atoms with E-state index in [4.69, 9.17) is 0 Å². The van der Waals surface area contributed by atoms with Crippen LogP contribution in [0.4, 0.5) is 0 Å². The molecule has 0 saturated carbocycles. The summed E-state index contributed by atoms with van der Waals surface area (Å²) in [5, 5.41) is 3.00. The molecule has 1 heterocycles. The summed E-state index contributed by atoms with van der Waals surface area (Å²) in [5.74, 6) is 0.266. The molecule has 1 rings (SSSR count). The van der Waals surface area contributed by atoms with Crippen LogP contribution in [0.1, 0.15) is 60.8 Å². The zero-order valence-corrected chi connectivity index (χ0v) is 13.1. The number of rotatable bonds is 5. The highest BCUT2D eigenvalue weighted by Crippen LogP contribution is 2.30. The smallest absolute Gasteiger partial charge is 0.249 e. The van der Waals surface area contributed by atoms with Gasteiger partial charge in [-0.2, -0.15) is 0 Å². The molecular formula is C15H28N2O2. The minimum Gasteiger partial charge on any atom is -0.340 e. The topological polar surface area (TPSA) is 49.4 Å². The number of carbonyl (C=O) groups is 2. The van der Waals surface area contributed by atoms with Crippen LogP contribution < -0.4 is 5.32 Å². The average molecular weight is 268 g/mol. The largest absolute Gasteiger partial charge is 0.340 e. The minimum atomic E-state index is -0.703. The molecule has 4 heteroatoms. The van der Waals surface area contributed by atoms with Crippen molar-refractivity contribution < 1.29 is 9.59 Å². The van der Waals surface area contributed by atoms with Crippen LogP contribution >= 0.6 is 0 Å². The molecule has 2 atom stereocenters. The van der Waals surface area contributed by atoms with Gasteiger partial charge >= 0.3 is 0 Å². The molecule has 1 saturated heterocycles. The van der Waals surface area contributed by atoms with Crippen molar-refractivity contribution >= 4 is 11.8 Å². The van der Waals surface area contributed by atoms with Gasteiger partial charge in [-0.1, -0.05) is 34.1 Å². The molecule has 1 N–H and O–H groups in total. The van der Waals surface area contributed by atoms with Crippen molar-refractivity contribution in [2.75, 3.05) is 0 Å². The number of nitrogens with one attached hydrogen (secondary N) is 1. The minimum absolute atomic E-state index is 0.00588. The number of piperazine rings is 1. The van der Waals surface area contributed by atoms with Crippen molar-refractivity contribution in [3.8, 4) is 0 Å². The third kappa shape index (κ3) is 2.63. The van der Waals surface area contributed by atoms with Crippen LogP contribution in [0.15, 0.2) is 0 Å². The molecule has 1 aliphatic rings. The maximum Gasteiger partial charge on any atom is 0.249 e. The summed E-state index contributed by atoms with van der Waals surface area (Å²) in [7, 11) is 0. The van der Waals surface area contributed by atoms with Gasteiger partial charge in [-0.3, -0.25) is 9.59 Å². The van der Waals surface area contributed by atoms with Crippen LogP contribution in [0.5, 0.6) is 0 Å². The summed E-state index contributed by atoms with van der Waals surface area (Å²) in [6.07, 6.45) is 2.18. The van der Waals surface area contributed by atoms with Gasteiger partial charge in [0.05, 0.1) is 0 Å². The third-order valence-corrected chi connectivity index (χ3v) is 4.52. The molecule has 0 radical (unpaired) electrons. The van der Waals surface area contributed by atoms with E-state index in [1.165, 1.54) is 0 Å². The Morgan fingerprint density at radius 2 is 1.68 bits per heavy atom. The molecule has 1 fully saturated rings. The van der Waals surface area contributed by atoms with Crippen LogP contribution in [0.3, 0.4) is 0 Å². The summed E-state index contributed by atoms with van der Waals surface area (Å²) in [5.41, 5.74) is -0.703. The molecule has 0 aromatic carbocycles. The summed E-state index contributed by atoms with van der Waals surface area (Å²) in [6, 6.07) is -0.279. The Kier molecular flexibility index (Phi) is 4.99. The Hall–Kier alpha value is -1.06. The molecule has 0 bridgehead atoms. The molecule has 4 nitrogen and oxygen atoms in total. The van der Waals surface area contributed by atoms with Crippen molar-refractivity contribution in [1.29, 1.82) is 0 Å². The van der Waals surface area contributed by atoms with Gasteiger partial charge < -0.3 is 10.2 Å². The van der Waals surface area contributed by atoms with E-state index in [1.807, 2.05) is 34.6 Å². The molecule has 19 heavy (non-hydrogen) atoms. The zero-order valence-electron chi connectivity index (χ0n) is 13.1. The first kappa shape index (κ1) is 16.0. The van der Waals surface area contributed by atoms with E-state index in [1.54, 1.807) is 4.90 Å². The molecule has 1 aliphatic heterocycles. The number of carbonyl (C=O) groups excluding carboxylic acids is 2. The van der Waals surface area contributed by atoms with E-state index in [9.17, 15) is 9.59 Å². The SMILES string of the molecule is CCC(C)C1C(=O)NC(CC)(CC)C(=O)N1C(C)C. The lowest BCUT2D eigenvalue weighted by atomic mass is 9.83. The van der Waals surface area contributed by atoms with Gasteiger partial charge in [-0.15, -0.1) is 0 Å². The summed E-state index contributed by atoms with van der Waals surface area (Å²) < 4.78 is 0. The monoisotopic (exact) mass is 268 g/mol. The fraction of sp³-hybridized carbons (Fsp3) is 0.867. The zero-order chi connectivity index (χ0) is 14.8. The Morgan fingerprint density at radius 1 is 1.16 bits per heavy atom. The van der Waals surface area contributed by atoms with E-state index in [2.05, 4.69) is 12.2 Å². The first-order chi connectivity index (χ1) is 8.84.